The third kappa shape index (κ3) is 4.62. The molecule has 0 saturated heterocycles. The predicted molar refractivity (Wildman–Crippen MR) is 73.8 cm³/mol. The normalized spacial score (nSPS) is 10.2. The van der Waals surface area contributed by atoms with E-state index in [0.29, 0.717) is 18.9 Å². The predicted octanol–water partition coefficient (Wildman–Crippen LogP) is 2.82. The highest BCUT2D eigenvalue weighted by molar-refractivity contribution is 5.38. The number of hydrogen-bond donors (Lipinski definition) is 1. The summed E-state index contributed by atoms with van der Waals surface area (Å²) in [6.07, 6.45) is 6.82. The second-order valence-corrected chi connectivity index (χ2v) is 4.33. The highest BCUT2D eigenvalue weighted by Crippen LogP contribution is 2.18. The van der Waals surface area contributed by atoms with Crippen LogP contribution in [0.25, 0.3) is 0 Å². The van der Waals surface area contributed by atoms with E-state index in [1.165, 1.54) is 0 Å². The van der Waals surface area contributed by atoms with Crippen molar-refractivity contribution in [3.8, 4) is 18.2 Å². The number of aromatic nitrogens is 2. The summed E-state index contributed by atoms with van der Waals surface area (Å²) < 4.78 is 5.52. The van der Waals surface area contributed by atoms with Crippen LogP contribution in [0.3, 0.4) is 0 Å². The van der Waals surface area contributed by atoms with Gasteiger partial charge in [-0.15, -0.1) is 12.3 Å². The maximum atomic E-state index is 5.52. The van der Waals surface area contributed by atoms with Gasteiger partial charge in [-0.25, -0.2) is 4.98 Å². The van der Waals surface area contributed by atoms with Gasteiger partial charge in [-0.05, 0) is 6.42 Å². The lowest BCUT2D eigenvalue weighted by molar-refractivity contribution is 0.312. The zero-order chi connectivity index (χ0) is 13.4. The third-order valence-electron chi connectivity index (χ3n) is 2.29. The molecule has 98 valence electrons. The molecule has 0 aliphatic heterocycles. The number of hydrogen-bond acceptors (Lipinski definition) is 4. The molecule has 1 aromatic rings. The van der Waals surface area contributed by atoms with Crippen molar-refractivity contribution in [2.75, 3.05) is 18.5 Å². The summed E-state index contributed by atoms with van der Waals surface area (Å²) in [5.41, 5.74) is 0. The molecule has 0 amide bonds. The van der Waals surface area contributed by atoms with Crippen LogP contribution in [0.1, 0.15) is 45.4 Å². The monoisotopic (exact) mass is 247 g/mol. The van der Waals surface area contributed by atoms with Crippen LogP contribution in [0.15, 0.2) is 6.07 Å². The van der Waals surface area contributed by atoms with E-state index in [2.05, 4.69) is 42.0 Å². The maximum Gasteiger partial charge on any atom is 0.218 e. The highest BCUT2D eigenvalue weighted by Gasteiger charge is 2.08. The van der Waals surface area contributed by atoms with E-state index in [-0.39, 0.29) is 5.92 Å². The van der Waals surface area contributed by atoms with Gasteiger partial charge in [0.25, 0.3) is 0 Å². The van der Waals surface area contributed by atoms with Crippen LogP contribution in [0.2, 0.25) is 0 Å². The molecule has 0 radical (unpaired) electrons. The van der Waals surface area contributed by atoms with E-state index in [1.54, 1.807) is 0 Å². The molecule has 0 unspecified atom stereocenters. The van der Waals surface area contributed by atoms with Gasteiger partial charge >= 0.3 is 0 Å². The molecule has 0 aromatic carbocycles. The molecule has 1 aromatic heterocycles. The average Bonchev–Trinajstić information content (AvgIpc) is 2.36. The molecule has 0 fully saturated rings. The van der Waals surface area contributed by atoms with Crippen LogP contribution >= 0.6 is 0 Å². The maximum absolute atomic E-state index is 5.52. The molecule has 1 rings (SSSR count). The smallest absolute Gasteiger partial charge is 0.218 e. The molecular weight excluding hydrogens is 226 g/mol. The first kappa shape index (κ1) is 14.3. The first-order valence-electron chi connectivity index (χ1n) is 6.36. The van der Waals surface area contributed by atoms with Gasteiger partial charge in [-0.2, -0.15) is 4.98 Å². The summed E-state index contributed by atoms with van der Waals surface area (Å²) in [5, 5.41) is 3.25. The van der Waals surface area contributed by atoms with E-state index in [9.17, 15) is 0 Å². The number of ether oxygens (including phenoxy) is 1. The molecule has 1 heterocycles. The van der Waals surface area contributed by atoms with E-state index in [0.717, 1.165) is 24.6 Å². The highest BCUT2D eigenvalue weighted by atomic mass is 16.5. The lowest BCUT2D eigenvalue weighted by atomic mass is 10.2. The van der Waals surface area contributed by atoms with Crippen LogP contribution in [0.5, 0.6) is 5.88 Å². The van der Waals surface area contributed by atoms with Crippen LogP contribution in [0.4, 0.5) is 5.82 Å². The Bertz CT molecular complexity index is 410. The van der Waals surface area contributed by atoms with Crippen LogP contribution < -0.4 is 10.1 Å². The van der Waals surface area contributed by atoms with Crippen LogP contribution in [-0.2, 0) is 0 Å². The Morgan fingerprint density at radius 2 is 2.22 bits per heavy atom. The molecule has 0 saturated carbocycles. The standard InChI is InChI=1S/C14H21N3O/c1-5-7-9-18-13-10-12(15-8-6-2)16-14(17-13)11(3)4/h1,10-11H,6-9H2,2-4H3,(H,15,16,17). The van der Waals surface area contributed by atoms with Gasteiger partial charge in [-0.3, -0.25) is 0 Å². The zero-order valence-corrected chi connectivity index (χ0v) is 11.4. The van der Waals surface area contributed by atoms with Crippen molar-refractivity contribution in [3.05, 3.63) is 11.9 Å². The Hall–Kier alpha value is -1.76. The van der Waals surface area contributed by atoms with Crippen molar-refractivity contribution in [3.63, 3.8) is 0 Å². The largest absolute Gasteiger partial charge is 0.477 e. The summed E-state index contributed by atoms with van der Waals surface area (Å²) in [4.78, 5) is 8.83. The Morgan fingerprint density at radius 1 is 1.44 bits per heavy atom. The van der Waals surface area contributed by atoms with E-state index < -0.39 is 0 Å². The number of anilines is 1. The number of nitrogens with zero attached hydrogens (tertiary/aromatic N) is 2. The van der Waals surface area contributed by atoms with Gasteiger partial charge in [0, 0.05) is 24.9 Å². The minimum Gasteiger partial charge on any atom is -0.477 e. The van der Waals surface area contributed by atoms with E-state index >= 15 is 0 Å². The van der Waals surface area contributed by atoms with Gasteiger partial charge in [0.2, 0.25) is 5.88 Å². The van der Waals surface area contributed by atoms with E-state index in [1.807, 2.05) is 6.07 Å². The molecule has 0 bridgehead atoms. The molecule has 1 N–H and O–H groups in total. The number of terminal acetylenes is 1. The Labute approximate surface area is 109 Å². The first-order valence-corrected chi connectivity index (χ1v) is 6.36. The zero-order valence-electron chi connectivity index (χ0n) is 11.4. The fourth-order valence-corrected chi connectivity index (χ4v) is 1.33. The van der Waals surface area contributed by atoms with Gasteiger partial charge in [-0.1, -0.05) is 20.8 Å². The molecule has 4 heteroatoms. The second kappa shape index (κ2) is 7.54. The minimum absolute atomic E-state index is 0.267. The summed E-state index contributed by atoms with van der Waals surface area (Å²) in [7, 11) is 0. The molecule has 18 heavy (non-hydrogen) atoms. The molecule has 4 nitrogen and oxygen atoms in total. The Morgan fingerprint density at radius 3 is 2.83 bits per heavy atom. The van der Waals surface area contributed by atoms with Crippen molar-refractivity contribution < 1.29 is 4.74 Å². The van der Waals surface area contributed by atoms with Crippen LogP contribution in [-0.4, -0.2) is 23.1 Å². The lowest BCUT2D eigenvalue weighted by Gasteiger charge is -2.11. The summed E-state index contributed by atoms with van der Waals surface area (Å²) in [6.45, 7) is 7.60. The minimum atomic E-state index is 0.267. The van der Waals surface area contributed by atoms with E-state index in [4.69, 9.17) is 11.2 Å². The summed E-state index contributed by atoms with van der Waals surface area (Å²) >= 11 is 0. The topological polar surface area (TPSA) is 47.0 Å². The quantitative estimate of drug-likeness (QED) is 0.594. The van der Waals surface area contributed by atoms with Gasteiger partial charge in [0.05, 0.1) is 0 Å². The number of rotatable bonds is 7. The van der Waals surface area contributed by atoms with Crippen molar-refractivity contribution in [1.82, 2.24) is 9.97 Å². The first-order chi connectivity index (χ1) is 8.67. The second-order valence-electron chi connectivity index (χ2n) is 4.33. The lowest BCUT2D eigenvalue weighted by Crippen LogP contribution is -2.08. The summed E-state index contributed by atoms with van der Waals surface area (Å²) in [5.74, 6) is 4.99. The Kier molecular flexibility index (Phi) is 5.99. The molecule has 0 atom stereocenters. The van der Waals surface area contributed by atoms with Crippen molar-refractivity contribution in [1.29, 1.82) is 0 Å². The van der Waals surface area contributed by atoms with Crippen LogP contribution in [0, 0.1) is 12.3 Å². The van der Waals surface area contributed by atoms with Gasteiger partial charge < -0.3 is 10.1 Å². The Balaban J connectivity index is 2.81. The van der Waals surface area contributed by atoms with Gasteiger partial charge in [0.1, 0.15) is 18.2 Å². The van der Waals surface area contributed by atoms with Crippen molar-refractivity contribution in [2.24, 2.45) is 0 Å². The molecule has 0 aliphatic rings. The van der Waals surface area contributed by atoms with Crippen molar-refractivity contribution in [2.45, 2.75) is 39.5 Å². The van der Waals surface area contributed by atoms with Crippen molar-refractivity contribution >= 4 is 5.82 Å². The molecule has 0 aliphatic carbocycles. The molecular formula is C14H21N3O. The molecule has 0 spiro atoms. The SMILES string of the molecule is C#CCCOc1cc(NCCC)nc(C(C)C)n1. The summed E-state index contributed by atoms with van der Waals surface area (Å²) in [6, 6.07) is 1.82. The fourth-order valence-electron chi connectivity index (χ4n) is 1.33. The fraction of sp³-hybridized carbons (Fsp3) is 0.571. The number of nitrogens with one attached hydrogen (secondary N) is 1. The van der Waals surface area contributed by atoms with Gasteiger partial charge in [0.15, 0.2) is 0 Å². The average molecular weight is 247 g/mol. The third-order valence-corrected chi connectivity index (χ3v) is 2.29.